The Hall–Kier alpha value is -0.123. The van der Waals surface area contributed by atoms with E-state index < -0.39 is 8.56 Å². The first-order valence-corrected chi connectivity index (χ1v) is 8.99. The topological polar surface area (TPSA) is 18.5 Å². The zero-order valence-electron chi connectivity index (χ0n) is 11.3. The van der Waals surface area contributed by atoms with Crippen LogP contribution in [0.2, 0.25) is 6.55 Å². The average molecular weight is 244 g/mol. The van der Waals surface area contributed by atoms with Gasteiger partial charge in [0.05, 0.1) is 0 Å². The number of hydrogen-bond donors (Lipinski definition) is 0. The monoisotopic (exact) mass is 244 g/mol. The van der Waals surface area contributed by atoms with Gasteiger partial charge in [-0.1, -0.05) is 39.5 Å². The minimum atomic E-state index is -2.06. The van der Waals surface area contributed by atoms with Crippen LogP contribution in [0.3, 0.4) is 0 Å². The minimum absolute atomic E-state index is 0.816. The Morgan fingerprint density at radius 3 is 1.69 bits per heavy atom. The van der Waals surface area contributed by atoms with Crippen LogP contribution in [0.5, 0.6) is 0 Å². The van der Waals surface area contributed by atoms with Crippen LogP contribution in [-0.2, 0) is 8.85 Å². The van der Waals surface area contributed by atoms with Gasteiger partial charge in [-0.15, -0.1) is 6.58 Å². The molecule has 0 aliphatic rings. The smallest absolute Gasteiger partial charge is 0.361 e. The van der Waals surface area contributed by atoms with Crippen LogP contribution in [0.4, 0.5) is 0 Å². The maximum absolute atomic E-state index is 5.86. The fourth-order valence-electron chi connectivity index (χ4n) is 1.41. The zero-order valence-corrected chi connectivity index (χ0v) is 12.3. The molecule has 0 saturated heterocycles. The van der Waals surface area contributed by atoms with Crippen molar-refractivity contribution in [2.75, 3.05) is 13.2 Å². The molecule has 0 spiro atoms. The molecule has 0 N–H and O–H groups in total. The second-order valence-corrected chi connectivity index (χ2v) is 7.35. The third-order valence-corrected chi connectivity index (χ3v) is 4.94. The van der Waals surface area contributed by atoms with Crippen LogP contribution >= 0.6 is 0 Å². The first-order valence-electron chi connectivity index (χ1n) is 6.60. The standard InChI is InChI=1S/C13H28O2Si/c1-5-8-10-12-14-16(4,7-3)15-13-11-9-6-2/h7H,3,5-6,8-13H2,1-2,4H3. The van der Waals surface area contributed by atoms with Gasteiger partial charge in [0.25, 0.3) is 0 Å². The van der Waals surface area contributed by atoms with Crippen LogP contribution in [0.1, 0.15) is 52.4 Å². The lowest BCUT2D eigenvalue weighted by Gasteiger charge is -2.23. The molecule has 0 rings (SSSR count). The fourth-order valence-corrected chi connectivity index (χ4v) is 2.83. The summed E-state index contributed by atoms with van der Waals surface area (Å²) in [6.07, 6.45) is 7.19. The van der Waals surface area contributed by atoms with Gasteiger partial charge >= 0.3 is 8.56 Å². The molecule has 0 bridgehead atoms. The maximum atomic E-state index is 5.86. The summed E-state index contributed by atoms with van der Waals surface area (Å²) in [6.45, 7) is 12.0. The lowest BCUT2D eigenvalue weighted by molar-refractivity contribution is 0.178. The Labute approximate surface area is 102 Å². The van der Waals surface area contributed by atoms with Gasteiger partial charge in [-0.2, -0.15) is 0 Å². The Kier molecular flexibility index (Phi) is 9.98. The minimum Gasteiger partial charge on any atom is -0.391 e. The lowest BCUT2D eigenvalue weighted by atomic mass is 10.3. The SMILES string of the molecule is C=C[Si](C)(OCCCCC)OCCCCC. The average Bonchev–Trinajstić information content (AvgIpc) is 2.31. The predicted octanol–water partition coefficient (Wildman–Crippen LogP) is 4.20. The van der Waals surface area contributed by atoms with Crippen molar-refractivity contribution in [3.8, 4) is 0 Å². The molecule has 0 aromatic rings. The Morgan fingerprint density at radius 2 is 1.38 bits per heavy atom. The van der Waals surface area contributed by atoms with E-state index in [0.29, 0.717) is 0 Å². The largest absolute Gasteiger partial charge is 0.391 e. The number of hydrogen-bond acceptors (Lipinski definition) is 2. The molecule has 2 nitrogen and oxygen atoms in total. The quantitative estimate of drug-likeness (QED) is 0.401. The summed E-state index contributed by atoms with van der Waals surface area (Å²) in [5, 5.41) is 0. The van der Waals surface area contributed by atoms with Crippen molar-refractivity contribution in [1.82, 2.24) is 0 Å². The van der Waals surface area contributed by atoms with Crippen molar-refractivity contribution in [3.63, 3.8) is 0 Å². The van der Waals surface area contributed by atoms with E-state index in [1.54, 1.807) is 0 Å². The third kappa shape index (κ3) is 8.08. The van der Waals surface area contributed by atoms with E-state index >= 15 is 0 Å². The van der Waals surface area contributed by atoms with Gasteiger partial charge in [-0.05, 0) is 25.1 Å². The van der Waals surface area contributed by atoms with E-state index in [9.17, 15) is 0 Å². The molecule has 0 aromatic heterocycles. The van der Waals surface area contributed by atoms with Crippen molar-refractivity contribution >= 4 is 8.56 Å². The van der Waals surface area contributed by atoms with Gasteiger partial charge in [0.15, 0.2) is 0 Å². The summed E-state index contributed by atoms with van der Waals surface area (Å²) in [4.78, 5) is 0. The van der Waals surface area contributed by atoms with E-state index in [0.717, 1.165) is 26.1 Å². The second-order valence-electron chi connectivity index (χ2n) is 4.33. The van der Waals surface area contributed by atoms with E-state index in [-0.39, 0.29) is 0 Å². The van der Waals surface area contributed by atoms with Gasteiger partial charge in [-0.25, -0.2) is 0 Å². The molecule has 16 heavy (non-hydrogen) atoms. The van der Waals surface area contributed by atoms with Crippen LogP contribution in [0.15, 0.2) is 12.3 Å². The molecule has 0 amide bonds. The summed E-state index contributed by atoms with van der Waals surface area (Å²) in [7, 11) is -2.06. The van der Waals surface area contributed by atoms with Crippen LogP contribution in [-0.4, -0.2) is 21.8 Å². The molecule has 3 heteroatoms. The second kappa shape index (κ2) is 10.1. The highest BCUT2D eigenvalue weighted by atomic mass is 28.4. The Bertz CT molecular complexity index is 159. The number of rotatable bonds is 11. The Balaban J connectivity index is 3.68. The molecule has 0 aliphatic carbocycles. The van der Waals surface area contributed by atoms with E-state index in [2.05, 4.69) is 27.0 Å². The van der Waals surface area contributed by atoms with E-state index in [4.69, 9.17) is 8.85 Å². The van der Waals surface area contributed by atoms with E-state index in [1.165, 1.54) is 25.7 Å². The first-order chi connectivity index (χ1) is 7.68. The fraction of sp³-hybridized carbons (Fsp3) is 0.846. The summed E-state index contributed by atoms with van der Waals surface area (Å²) in [5.41, 5.74) is 1.89. The molecule has 0 saturated carbocycles. The summed E-state index contributed by atoms with van der Waals surface area (Å²) in [6, 6.07) is 0. The number of unbranched alkanes of at least 4 members (excludes halogenated alkanes) is 4. The molecule has 96 valence electrons. The lowest BCUT2D eigenvalue weighted by Crippen LogP contribution is -2.37. The van der Waals surface area contributed by atoms with E-state index in [1.807, 2.05) is 5.70 Å². The van der Waals surface area contributed by atoms with Gasteiger partial charge in [0, 0.05) is 13.2 Å². The van der Waals surface area contributed by atoms with Crippen molar-refractivity contribution in [1.29, 1.82) is 0 Å². The molecule has 0 fully saturated rings. The molecular weight excluding hydrogens is 216 g/mol. The highest BCUT2D eigenvalue weighted by Crippen LogP contribution is 2.11. The summed E-state index contributed by atoms with van der Waals surface area (Å²) >= 11 is 0. The highest BCUT2D eigenvalue weighted by molar-refractivity contribution is 6.71. The highest BCUT2D eigenvalue weighted by Gasteiger charge is 2.26. The first kappa shape index (κ1) is 15.9. The summed E-state index contributed by atoms with van der Waals surface area (Å²) in [5.74, 6) is 0. The van der Waals surface area contributed by atoms with Gasteiger partial charge in [0.1, 0.15) is 0 Å². The van der Waals surface area contributed by atoms with Crippen LogP contribution < -0.4 is 0 Å². The zero-order chi connectivity index (χ0) is 12.3. The third-order valence-electron chi connectivity index (χ3n) is 2.64. The van der Waals surface area contributed by atoms with Gasteiger partial charge in [-0.3, -0.25) is 0 Å². The van der Waals surface area contributed by atoms with Gasteiger partial charge < -0.3 is 8.85 Å². The van der Waals surface area contributed by atoms with Gasteiger partial charge in [0.2, 0.25) is 0 Å². The summed E-state index contributed by atoms with van der Waals surface area (Å²) < 4.78 is 11.7. The molecule has 0 aromatic carbocycles. The molecule has 0 unspecified atom stereocenters. The molecule has 0 atom stereocenters. The predicted molar refractivity (Wildman–Crippen MR) is 72.8 cm³/mol. The molecular formula is C13H28O2Si. The van der Waals surface area contributed by atoms with Crippen molar-refractivity contribution in [2.45, 2.75) is 58.9 Å². The normalized spacial score (nSPS) is 11.7. The van der Waals surface area contributed by atoms with Crippen molar-refractivity contribution in [3.05, 3.63) is 12.3 Å². The van der Waals surface area contributed by atoms with Crippen molar-refractivity contribution < 1.29 is 8.85 Å². The van der Waals surface area contributed by atoms with Crippen molar-refractivity contribution in [2.24, 2.45) is 0 Å². The molecule has 0 radical (unpaired) electrons. The molecule has 0 aliphatic heterocycles. The molecule has 0 heterocycles. The van der Waals surface area contributed by atoms with Crippen LogP contribution in [0.25, 0.3) is 0 Å². The van der Waals surface area contributed by atoms with Crippen LogP contribution in [0, 0.1) is 0 Å². The maximum Gasteiger partial charge on any atom is 0.361 e. The Morgan fingerprint density at radius 1 is 0.938 bits per heavy atom.